The normalized spacial score (nSPS) is 22.7. The van der Waals surface area contributed by atoms with E-state index < -0.39 is 11.7 Å². The highest BCUT2D eigenvalue weighted by molar-refractivity contribution is 5.85. The SMILES string of the molecule is CCC1C=C(N)C(C(F)(F)F)=CN=C1N. The molecule has 6 heteroatoms. The lowest BCUT2D eigenvalue weighted by Crippen LogP contribution is -2.22. The minimum absolute atomic E-state index is 0.153. The van der Waals surface area contributed by atoms with E-state index in [-0.39, 0.29) is 17.5 Å². The number of rotatable bonds is 1. The van der Waals surface area contributed by atoms with Gasteiger partial charge in [0.1, 0.15) is 5.84 Å². The molecule has 0 aliphatic carbocycles. The van der Waals surface area contributed by atoms with Gasteiger partial charge < -0.3 is 11.5 Å². The van der Waals surface area contributed by atoms with Crippen LogP contribution in [0.2, 0.25) is 0 Å². The van der Waals surface area contributed by atoms with Crippen molar-refractivity contribution in [2.45, 2.75) is 19.5 Å². The maximum absolute atomic E-state index is 12.4. The monoisotopic (exact) mass is 219 g/mol. The van der Waals surface area contributed by atoms with E-state index in [4.69, 9.17) is 11.5 Å². The van der Waals surface area contributed by atoms with Gasteiger partial charge in [-0.3, -0.25) is 0 Å². The van der Waals surface area contributed by atoms with Crippen LogP contribution in [0, 0.1) is 5.92 Å². The summed E-state index contributed by atoms with van der Waals surface area (Å²) in [5.41, 5.74) is 9.57. The van der Waals surface area contributed by atoms with Gasteiger partial charge in [0.2, 0.25) is 0 Å². The van der Waals surface area contributed by atoms with Crippen molar-refractivity contribution in [3.63, 3.8) is 0 Å². The quantitative estimate of drug-likeness (QED) is 0.704. The smallest absolute Gasteiger partial charge is 0.398 e. The lowest BCUT2D eigenvalue weighted by atomic mass is 10.0. The Morgan fingerprint density at radius 1 is 1.40 bits per heavy atom. The molecule has 1 rings (SSSR count). The van der Waals surface area contributed by atoms with Crippen molar-refractivity contribution < 1.29 is 13.2 Å². The molecule has 0 saturated heterocycles. The molecule has 84 valence electrons. The van der Waals surface area contributed by atoms with Crippen LogP contribution in [0.3, 0.4) is 0 Å². The van der Waals surface area contributed by atoms with Crippen LogP contribution in [0.15, 0.2) is 28.5 Å². The molecule has 4 N–H and O–H groups in total. The molecule has 0 aromatic heterocycles. The molecule has 0 bridgehead atoms. The van der Waals surface area contributed by atoms with Crippen molar-refractivity contribution in [1.82, 2.24) is 0 Å². The fourth-order valence-corrected chi connectivity index (χ4v) is 1.27. The highest BCUT2D eigenvalue weighted by Crippen LogP contribution is 2.31. The van der Waals surface area contributed by atoms with E-state index in [1.807, 2.05) is 0 Å². The molecule has 1 unspecified atom stereocenters. The number of nitrogens with zero attached hydrogens (tertiary/aromatic N) is 1. The highest BCUT2D eigenvalue weighted by atomic mass is 19.4. The minimum Gasteiger partial charge on any atom is -0.398 e. The van der Waals surface area contributed by atoms with Crippen LogP contribution in [0.1, 0.15) is 13.3 Å². The molecule has 3 nitrogen and oxygen atoms in total. The second kappa shape index (κ2) is 3.96. The molecule has 0 amide bonds. The Bertz CT molecular complexity index is 339. The lowest BCUT2D eigenvalue weighted by Gasteiger charge is -2.11. The molecular weight excluding hydrogens is 207 g/mol. The largest absolute Gasteiger partial charge is 0.419 e. The van der Waals surface area contributed by atoms with Gasteiger partial charge in [-0.1, -0.05) is 13.0 Å². The van der Waals surface area contributed by atoms with Gasteiger partial charge in [-0.05, 0) is 6.42 Å². The Kier molecular flexibility index (Phi) is 3.06. The molecule has 1 atom stereocenters. The summed E-state index contributed by atoms with van der Waals surface area (Å²) < 4.78 is 37.3. The van der Waals surface area contributed by atoms with Gasteiger partial charge >= 0.3 is 6.18 Å². The van der Waals surface area contributed by atoms with E-state index >= 15 is 0 Å². The van der Waals surface area contributed by atoms with E-state index in [9.17, 15) is 13.2 Å². The second-order valence-electron chi connectivity index (χ2n) is 3.23. The highest BCUT2D eigenvalue weighted by Gasteiger charge is 2.36. The van der Waals surface area contributed by atoms with Gasteiger partial charge in [-0.25, -0.2) is 4.99 Å². The summed E-state index contributed by atoms with van der Waals surface area (Å²) in [4.78, 5) is 3.55. The predicted octanol–water partition coefficient (Wildman–Crippen LogP) is 1.67. The maximum Gasteiger partial charge on any atom is 0.419 e. The third kappa shape index (κ3) is 2.51. The molecule has 0 spiro atoms. The number of hydrogen-bond acceptors (Lipinski definition) is 3. The van der Waals surface area contributed by atoms with Crippen LogP contribution in [0.25, 0.3) is 0 Å². The average Bonchev–Trinajstić information content (AvgIpc) is 2.24. The number of hydrogen-bond donors (Lipinski definition) is 2. The Balaban J connectivity index is 3.13. The van der Waals surface area contributed by atoms with Crippen molar-refractivity contribution in [2.24, 2.45) is 22.4 Å². The summed E-state index contributed by atoms with van der Waals surface area (Å²) >= 11 is 0. The zero-order valence-corrected chi connectivity index (χ0v) is 8.17. The molecular formula is C9H12F3N3. The number of allylic oxidation sites excluding steroid dienone is 1. The first-order valence-electron chi connectivity index (χ1n) is 4.44. The van der Waals surface area contributed by atoms with E-state index in [1.54, 1.807) is 6.92 Å². The Labute approximate surface area is 85.3 Å². The fraction of sp³-hybridized carbons (Fsp3) is 0.444. The van der Waals surface area contributed by atoms with Crippen molar-refractivity contribution in [1.29, 1.82) is 0 Å². The van der Waals surface area contributed by atoms with Gasteiger partial charge in [-0.15, -0.1) is 0 Å². The van der Waals surface area contributed by atoms with Crippen LogP contribution in [0.4, 0.5) is 13.2 Å². The summed E-state index contributed by atoms with van der Waals surface area (Å²) in [5, 5.41) is 0. The molecule has 1 aliphatic rings. The van der Waals surface area contributed by atoms with E-state index in [0.29, 0.717) is 12.6 Å². The third-order valence-electron chi connectivity index (χ3n) is 2.16. The van der Waals surface area contributed by atoms with Gasteiger partial charge in [-0.2, -0.15) is 13.2 Å². The van der Waals surface area contributed by atoms with Crippen LogP contribution >= 0.6 is 0 Å². The zero-order valence-electron chi connectivity index (χ0n) is 8.17. The van der Waals surface area contributed by atoms with Crippen molar-refractivity contribution in [3.8, 4) is 0 Å². The number of nitrogens with two attached hydrogens (primary N) is 2. The van der Waals surface area contributed by atoms with E-state index in [2.05, 4.69) is 4.99 Å². The number of halogens is 3. The molecule has 0 fully saturated rings. The van der Waals surface area contributed by atoms with Crippen molar-refractivity contribution in [3.05, 3.63) is 23.5 Å². The summed E-state index contributed by atoms with van der Waals surface area (Å²) in [6.45, 7) is 1.80. The average molecular weight is 219 g/mol. The van der Waals surface area contributed by atoms with Crippen LogP contribution in [-0.4, -0.2) is 12.0 Å². The van der Waals surface area contributed by atoms with Gasteiger partial charge in [0.05, 0.1) is 5.57 Å². The van der Waals surface area contributed by atoms with Crippen molar-refractivity contribution >= 4 is 5.84 Å². The minimum atomic E-state index is -4.49. The molecule has 1 heterocycles. The molecule has 1 aliphatic heterocycles. The Hall–Kier alpha value is -1.46. The Morgan fingerprint density at radius 2 is 2.00 bits per heavy atom. The van der Waals surface area contributed by atoms with Crippen LogP contribution in [-0.2, 0) is 0 Å². The molecule has 0 aromatic rings. The lowest BCUT2D eigenvalue weighted by molar-refractivity contribution is -0.0896. The van der Waals surface area contributed by atoms with Gasteiger partial charge in [0.15, 0.2) is 0 Å². The predicted molar refractivity (Wildman–Crippen MR) is 51.8 cm³/mol. The standard InChI is InChI=1S/C9H12F3N3/c1-2-5-3-7(13)6(9(10,11)12)4-15-8(5)14/h3-5H,2,13H2,1H3,(H2,14,15). The Morgan fingerprint density at radius 3 is 2.47 bits per heavy atom. The summed E-state index contributed by atoms with van der Waals surface area (Å²) in [7, 11) is 0. The van der Waals surface area contributed by atoms with Crippen molar-refractivity contribution in [2.75, 3.05) is 0 Å². The zero-order chi connectivity index (χ0) is 11.6. The summed E-state index contributed by atoms with van der Waals surface area (Å²) in [6, 6.07) is 0. The fourth-order valence-electron chi connectivity index (χ4n) is 1.27. The number of alkyl halides is 3. The van der Waals surface area contributed by atoms with Gasteiger partial charge in [0.25, 0.3) is 0 Å². The van der Waals surface area contributed by atoms with Gasteiger partial charge in [0, 0.05) is 17.8 Å². The first-order chi connectivity index (χ1) is 6.86. The first kappa shape index (κ1) is 11.6. The molecule has 0 aromatic carbocycles. The second-order valence-corrected chi connectivity index (χ2v) is 3.23. The number of aliphatic imine (C=N–C) groups is 1. The summed E-state index contributed by atoms with van der Waals surface area (Å²) in [6.07, 6.45) is -1.95. The summed E-state index contributed by atoms with van der Waals surface area (Å²) in [5.74, 6) is -0.180. The molecule has 0 radical (unpaired) electrons. The molecule has 0 saturated carbocycles. The first-order valence-corrected chi connectivity index (χ1v) is 4.44. The maximum atomic E-state index is 12.4. The van der Waals surface area contributed by atoms with E-state index in [1.165, 1.54) is 6.08 Å². The van der Waals surface area contributed by atoms with E-state index in [0.717, 1.165) is 0 Å². The number of amidine groups is 1. The van der Waals surface area contributed by atoms with Crippen LogP contribution in [0.5, 0.6) is 0 Å². The van der Waals surface area contributed by atoms with Crippen LogP contribution < -0.4 is 11.5 Å². The topological polar surface area (TPSA) is 64.4 Å². The third-order valence-corrected chi connectivity index (χ3v) is 2.16. The molecule has 15 heavy (non-hydrogen) atoms.